The first kappa shape index (κ1) is 19.1. The molecule has 2 atom stereocenters. The van der Waals surface area contributed by atoms with E-state index in [1.165, 1.54) is 15.8 Å². The van der Waals surface area contributed by atoms with Crippen molar-refractivity contribution in [2.75, 3.05) is 0 Å². The molecule has 4 aromatic rings. The van der Waals surface area contributed by atoms with Gasteiger partial charge in [0.15, 0.2) is 0 Å². The zero-order valence-corrected chi connectivity index (χ0v) is 17.9. The van der Waals surface area contributed by atoms with Crippen molar-refractivity contribution in [3.63, 3.8) is 0 Å². The summed E-state index contributed by atoms with van der Waals surface area (Å²) in [7, 11) is 0. The minimum atomic E-state index is -0.636. The van der Waals surface area contributed by atoms with Crippen molar-refractivity contribution >= 4 is 33.0 Å². The predicted octanol–water partition coefficient (Wildman–Crippen LogP) is 4.16. The van der Waals surface area contributed by atoms with Crippen LogP contribution >= 0.6 is 11.3 Å². The number of hydrogen-bond acceptors (Lipinski definition) is 4. The Morgan fingerprint density at radius 3 is 2.97 bits per heavy atom. The average Bonchev–Trinajstić information content (AvgIpc) is 3.34. The van der Waals surface area contributed by atoms with Crippen LogP contribution in [0, 0.1) is 6.92 Å². The minimum Gasteiger partial charge on any atom is -0.347 e. The summed E-state index contributed by atoms with van der Waals surface area (Å²) in [4.78, 5) is 26.5. The van der Waals surface area contributed by atoms with Gasteiger partial charge in [0, 0.05) is 0 Å². The molecule has 154 valence electrons. The van der Waals surface area contributed by atoms with E-state index >= 15 is 0 Å². The highest BCUT2D eigenvalue weighted by atomic mass is 32.1. The third kappa shape index (κ3) is 2.96. The van der Waals surface area contributed by atoms with Crippen molar-refractivity contribution in [3.8, 4) is 0 Å². The van der Waals surface area contributed by atoms with E-state index in [0.29, 0.717) is 17.8 Å². The molecule has 7 heteroatoms. The van der Waals surface area contributed by atoms with Gasteiger partial charge in [-0.3, -0.25) is 14.0 Å². The molecule has 5 rings (SSSR count). The number of carbonyl (C=O) groups excluding carboxylic acids is 1. The summed E-state index contributed by atoms with van der Waals surface area (Å²) in [6.45, 7) is 3.80. The minimum absolute atomic E-state index is 0.0179. The zero-order chi connectivity index (χ0) is 20.8. The standard InChI is InChI=1S/C23H24N4O2S/c1-3-18(22(28)24-17-10-6-8-15-7-4-5-9-16(15)17)27-23(29)20-13-21-19(11-12-30-21)26(20)14(2)25-27/h4-5,7,9,11-13,17-18H,3,6,8,10H2,1-2H3,(H,24,28)/t17-,18-/m0/s1. The first-order valence-electron chi connectivity index (χ1n) is 10.4. The SMILES string of the molecule is CC[C@@H](C(=O)N[C@H]1CCCc2ccccc21)n1nc(C)n2c(cc3sccc32)c1=O. The second-order valence-electron chi connectivity index (χ2n) is 7.91. The molecule has 0 aliphatic heterocycles. The van der Waals surface area contributed by atoms with Crippen LogP contribution in [0.3, 0.4) is 0 Å². The number of aryl methyl sites for hydroxylation is 2. The molecule has 0 spiro atoms. The summed E-state index contributed by atoms with van der Waals surface area (Å²) in [6.07, 6.45) is 3.50. The molecule has 1 aromatic carbocycles. The average molecular weight is 421 g/mol. The molecule has 1 amide bonds. The van der Waals surface area contributed by atoms with E-state index in [9.17, 15) is 9.59 Å². The van der Waals surface area contributed by atoms with Gasteiger partial charge in [-0.15, -0.1) is 11.3 Å². The van der Waals surface area contributed by atoms with E-state index in [1.807, 2.05) is 47.9 Å². The van der Waals surface area contributed by atoms with Crippen LogP contribution in [-0.2, 0) is 11.2 Å². The van der Waals surface area contributed by atoms with E-state index in [4.69, 9.17) is 0 Å². The summed E-state index contributed by atoms with van der Waals surface area (Å²) in [5.74, 6) is 0.554. The number of benzene rings is 1. The van der Waals surface area contributed by atoms with E-state index in [1.54, 1.807) is 11.3 Å². The summed E-state index contributed by atoms with van der Waals surface area (Å²) >= 11 is 1.60. The predicted molar refractivity (Wildman–Crippen MR) is 119 cm³/mol. The molecule has 1 aliphatic carbocycles. The fraction of sp³-hybridized carbons (Fsp3) is 0.348. The van der Waals surface area contributed by atoms with Gasteiger partial charge in [-0.2, -0.15) is 5.10 Å². The lowest BCUT2D eigenvalue weighted by atomic mass is 9.87. The Balaban J connectivity index is 1.51. The molecule has 3 heterocycles. The molecule has 6 nitrogen and oxygen atoms in total. The van der Waals surface area contributed by atoms with Gasteiger partial charge < -0.3 is 5.32 Å². The van der Waals surface area contributed by atoms with Crippen molar-refractivity contribution in [2.24, 2.45) is 0 Å². The van der Waals surface area contributed by atoms with E-state index in [-0.39, 0.29) is 17.5 Å². The molecule has 1 N–H and O–H groups in total. The number of thiophene rings is 1. The smallest absolute Gasteiger partial charge is 0.291 e. The molecule has 0 unspecified atom stereocenters. The van der Waals surface area contributed by atoms with Crippen LogP contribution in [-0.4, -0.2) is 20.1 Å². The van der Waals surface area contributed by atoms with Gasteiger partial charge in [0.1, 0.15) is 17.4 Å². The number of nitrogens with one attached hydrogen (secondary N) is 1. The Labute approximate surface area is 178 Å². The third-order valence-electron chi connectivity index (χ3n) is 6.10. The Hall–Kier alpha value is -2.93. The van der Waals surface area contributed by atoms with E-state index in [2.05, 4.69) is 22.5 Å². The van der Waals surface area contributed by atoms with Crippen molar-refractivity contribution in [3.05, 3.63) is 69.1 Å². The molecular weight excluding hydrogens is 396 g/mol. The lowest BCUT2D eigenvalue weighted by Gasteiger charge is -2.28. The Bertz CT molecular complexity index is 1320. The highest BCUT2D eigenvalue weighted by molar-refractivity contribution is 7.17. The summed E-state index contributed by atoms with van der Waals surface area (Å²) in [5, 5.41) is 9.75. The maximum atomic E-state index is 13.3. The maximum absolute atomic E-state index is 13.3. The van der Waals surface area contributed by atoms with E-state index in [0.717, 1.165) is 29.5 Å². The summed E-state index contributed by atoms with van der Waals surface area (Å²) in [5.41, 5.74) is 3.81. The van der Waals surface area contributed by atoms with Crippen LogP contribution < -0.4 is 10.9 Å². The van der Waals surface area contributed by atoms with Gasteiger partial charge in [-0.25, -0.2) is 4.68 Å². The highest BCUT2D eigenvalue weighted by Gasteiger charge is 2.28. The van der Waals surface area contributed by atoms with Crippen molar-refractivity contribution in [1.82, 2.24) is 19.5 Å². The van der Waals surface area contributed by atoms with Gasteiger partial charge in [0.2, 0.25) is 5.91 Å². The van der Waals surface area contributed by atoms with Gasteiger partial charge in [0.05, 0.1) is 16.3 Å². The molecule has 0 bridgehead atoms. The Morgan fingerprint density at radius 2 is 2.13 bits per heavy atom. The normalized spacial score (nSPS) is 17.2. The number of amides is 1. The number of nitrogens with zero attached hydrogens (tertiary/aromatic N) is 3. The van der Waals surface area contributed by atoms with E-state index < -0.39 is 6.04 Å². The third-order valence-corrected chi connectivity index (χ3v) is 6.95. The van der Waals surface area contributed by atoms with Crippen molar-refractivity contribution in [2.45, 2.75) is 51.6 Å². The number of aromatic nitrogens is 3. The molecular formula is C23H24N4O2S. The number of fused-ring (bicyclic) bond motifs is 4. The Kier molecular flexibility index (Phi) is 4.70. The Morgan fingerprint density at radius 1 is 1.30 bits per heavy atom. The largest absolute Gasteiger partial charge is 0.347 e. The molecule has 0 saturated heterocycles. The van der Waals surface area contributed by atoms with Crippen LogP contribution in [0.5, 0.6) is 0 Å². The number of carbonyl (C=O) groups is 1. The lowest BCUT2D eigenvalue weighted by Crippen LogP contribution is -2.41. The van der Waals surface area contributed by atoms with Gasteiger partial charge in [-0.05, 0) is 61.2 Å². The molecule has 0 saturated carbocycles. The van der Waals surface area contributed by atoms with Gasteiger partial charge in [0.25, 0.3) is 5.56 Å². The number of hydrogen-bond donors (Lipinski definition) is 1. The van der Waals surface area contributed by atoms with Crippen molar-refractivity contribution in [1.29, 1.82) is 0 Å². The fourth-order valence-electron chi connectivity index (χ4n) is 4.65. The molecule has 3 aromatic heterocycles. The topological polar surface area (TPSA) is 68.4 Å². The molecule has 30 heavy (non-hydrogen) atoms. The van der Waals surface area contributed by atoms with Crippen molar-refractivity contribution < 1.29 is 4.79 Å². The first-order valence-corrected chi connectivity index (χ1v) is 11.3. The van der Waals surface area contributed by atoms with Crippen LogP contribution in [0.15, 0.2) is 46.6 Å². The summed E-state index contributed by atoms with van der Waals surface area (Å²) < 4.78 is 4.30. The first-order chi connectivity index (χ1) is 14.6. The van der Waals surface area contributed by atoms with Crippen LogP contribution in [0.25, 0.3) is 15.7 Å². The van der Waals surface area contributed by atoms with Crippen LogP contribution in [0.4, 0.5) is 0 Å². The fourth-order valence-corrected chi connectivity index (χ4v) is 5.45. The summed E-state index contributed by atoms with van der Waals surface area (Å²) in [6, 6.07) is 11.5. The quantitative estimate of drug-likeness (QED) is 0.539. The highest BCUT2D eigenvalue weighted by Crippen LogP contribution is 2.30. The van der Waals surface area contributed by atoms with Crippen LogP contribution in [0.1, 0.15) is 55.2 Å². The lowest BCUT2D eigenvalue weighted by molar-refractivity contribution is -0.125. The zero-order valence-electron chi connectivity index (χ0n) is 17.1. The molecule has 1 aliphatic rings. The monoisotopic (exact) mass is 420 g/mol. The molecule has 0 radical (unpaired) electrons. The second kappa shape index (κ2) is 7.40. The number of rotatable bonds is 4. The van der Waals surface area contributed by atoms with Crippen LogP contribution in [0.2, 0.25) is 0 Å². The maximum Gasteiger partial charge on any atom is 0.291 e. The second-order valence-corrected chi connectivity index (χ2v) is 8.86. The molecule has 0 fully saturated rings. The van der Waals surface area contributed by atoms with Gasteiger partial charge >= 0.3 is 0 Å². The van der Waals surface area contributed by atoms with Gasteiger partial charge in [-0.1, -0.05) is 31.2 Å².